The molecule has 0 aliphatic carbocycles. The van der Waals surface area contributed by atoms with Crippen LogP contribution in [-0.4, -0.2) is 35.5 Å². The standard InChI is InChI=1S/C13H18N4O4/c1-2-10(18)17(11-6-4-8-21-11)9(12(19)20)5-3-7-16-13(14)15/h2,4,6,8-9H,1,3,5,7H2,(H,19,20)(H4,14,15,16)/t9-/m0/s1. The number of nitrogens with zero attached hydrogens (tertiary/aromatic N) is 2. The lowest BCUT2D eigenvalue weighted by Crippen LogP contribution is -2.44. The lowest BCUT2D eigenvalue weighted by atomic mass is 10.1. The average Bonchev–Trinajstić information content (AvgIpc) is 2.94. The highest BCUT2D eigenvalue weighted by Crippen LogP contribution is 2.21. The number of guanidine groups is 1. The number of carbonyl (C=O) groups is 2. The van der Waals surface area contributed by atoms with E-state index in [1.54, 1.807) is 6.07 Å². The summed E-state index contributed by atoms with van der Waals surface area (Å²) in [6, 6.07) is 1.99. The van der Waals surface area contributed by atoms with Crippen molar-refractivity contribution in [3.63, 3.8) is 0 Å². The molecule has 114 valence electrons. The Hall–Kier alpha value is -2.77. The third-order valence-electron chi connectivity index (χ3n) is 2.68. The van der Waals surface area contributed by atoms with E-state index in [4.69, 9.17) is 15.9 Å². The van der Waals surface area contributed by atoms with Crippen molar-refractivity contribution in [1.29, 1.82) is 0 Å². The molecule has 0 fully saturated rings. The van der Waals surface area contributed by atoms with Crippen LogP contribution < -0.4 is 16.4 Å². The topological polar surface area (TPSA) is 135 Å². The molecule has 0 unspecified atom stereocenters. The molecule has 1 heterocycles. The minimum absolute atomic E-state index is 0.0630. The Morgan fingerprint density at radius 1 is 1.52 bits per heavy atom. The smallest absolute Gasteiger partial charge is 0.326 e. The Bertz CT molecular complexity index is 520. The van der Waals surface area contributed by atoms with Gasteiger partial charge in [0.05, 0.1) is 6.26 Å². The Balaban J connectivity index is 2.88. The van der Waals surface area contributed by atoms with E-state index in [1.165, 1.54) is 12.3 Å². The molecule has 0 saturated carbocycles. The van der Waals surface area contributed by atoms with Crippen molar-refractivity contribution >= 4 is 23.7 Å². The van der Waals surface area contributed by atoms with Gasteiger partial charge in [-0.3, -0.25) is 14.7 Å². The number of aliphatic imine (C=N–C) groups is 1. The number of carbonyl (C=O) groups excluding carboxylic acids is 1. The number of amides is 1. The van der Waals surface area contributed by atoms with E-state index >= 15 is 0 Å². The number of rotatable bonds is 8. The number of carboxylic acid groups (broad SMARTS) is 1. The number of aliphatic carboxylic acids is 1. The number of furan rings is 1. The van der Waals surface area contributed by atoms with Gasteiger partial charge in [0.15, 0.2) is 5.96 Å². The molecule has 1 amide bonds. The van der Waals surface area contributed by atoms with E-state index in [9.17, 15) is 14.7 Å². The van der Waals surface area contributed by atoms with Gasteiger partial charge in [-0.05, 0) is 25.0 Å². The Morgan fingerprint density at radius 3 is 2.71 bits per heavy atom. The predicted octanol–water partition coefficient (Wildman–Crippen LogP) is 0.305. The normalized spacial score (nSPS) is 11.4. The van der Waals surface area contributed by atoms with Gasteiger partial charge in [-0.15, -0.1) is 0 Å². The molecule has 0 bridgehead atoms. The molecule has 21 heavy (non-hydrogen) atoms. The third-order valence-corrected chi connectivity index (χ3v) is 2.68. The van der Waals surface area contributed by atoms with Crippen LogP contribution >= 0.6 is 0 Å². The first-order valence-corrected chi connectivity index (χ1v) is 6.24. The second-order valence-electron chi connectivity index (χ2n) is 4.17. The molecular formula is C13H18N4O4. The molecule has 1 aromatic heterocycles. The van der Waals surface area contributed by atoms with E-state index < -0.39 is 17.9 Å². The predicted molar refractivity (Wildman–Crippen MR) is 77.7 cm³/mol. The summed E-state index contributed by atoms with van der Waals surface area (Å²) in [5, 5.41) is 9.34. The first-order valence-electron chi connectivity index (χ1n) is 6.24. The zero-order valence-electron chi connectivity index (χ0n) is 11.4. The van der Waals surface area contributed by atoms with Crippen molar-refractivity contribution in [2.45, 2.75) is 18.9 Å². The van der Waals surface area contributed by atoms with Gasteiger partial charge in [-0.2, -0.15) is 0 Å². The first-order chi connectivity index (χ1) is 9.97. The van der Waals surface area contributed by atoms with E-state index in [0.717, 1.165) is 11.0 Å². The van der Waals surface area contributed by atoms with Crippen LogP contribution in [0.2, 0.25) is 0 Å². The summed E-state index contributed by atoms with van der Waals surface area (Å²) >= 11 is 0. The summed E-state index contributed by atoms with van der Waals surface area (Å²) in [6.45, 7) is 3.65. The van der Waals surface area contributed by atoms with E-state index in [-0.39, 0.29) is 24.8 Å². The van der Waals surface area contributed by atoms with Crippen LogP contribution in [0.15, 0.2) is 40.5 Å². The summed E-state index contributed by atoms with van der Waals surface area (Å²) in [7, 11) is 0. The van der Waals surface area contributed by atoms with E-state index in [0.29, 0.717) is 6.42 Å². The molecule has 1 atom stereocenters. The summed E-state index contributed by atoms with van der Waals surface area (Å²) < 4.78 is 5.12. The highest BCUT2D eigenvalue weighted by atomic mass is 16.4. The van der Waals surface area contributed by atoms with Crippen LogP contribution in [-0.2, 0) is 9.59 Å². The highest BCUT2D eigenvalue weighted by molar-refractivity contribution is 6.04. The fraction of sp³-hybridized carbons (Fsp3) is 0.308. The lowest BCUT2D eigenvalue weighted by Gasteiger charge is -2.25. The van der Waals surface area contributed by atoms with Crippen LogP contribution in [0.3, 0.4) is 0 Å². The van der Waals surface area contributed by atoms with Gasteiger partial charge in [0.2, 0.25) is 5.88 Å². The first kappa shape index (κ1) is 16.3. The quantitative estimate of drug-likeness (QED) is 0.273. The monoisotopic (exact) mass is 294 g/mol. The van der Waals surface area contributed by atoms with Gasteiger partial charge >= 0.3 is 5.97 Å². The van der Waals surface area contributed by atoms with Crippen molar-refractivity contribution in [3.05, 3.63) is 31.1 Å². The van der Waals surface area contributed by atoms with Gasteiger partial charge in [-0.1, -0.05) is 6.58 Å². The molecule has 8 heteroatoms. The maximum atomic E-state index is 11.9. The summed E-state index contributed by atoms with van der Waals surface area (Å²) in [5.41, 5.74) is 10.4. The maximum Gasteiger partial charge on any atom is 0.326 e. The molecule has 5 N–H and O–H groups in total. The second-order valence-corrected chi connectivity index (χ2v) is 4.17. The van der Waals surface area contributed by atoms with E-state index in [2.05, 4.69) is 11.6 Å². The van der Waals surface area contributed by atoms with Crippen molar-refractivity contribution < 1.29 is 19.1 Å². The van der Waals surface area contributed by atoms with E-state index in [1.807, 2.05) is 0 Å². The zero-order valence-corrected chi connectivity index (χ0v) is 11.4. The van der Waals surface area contributed by atoms with Crippen LogP contribution in [0.4, 0.5) is 5.88 Å². The van der Waals surface area contributed by atoms with Crippen LogP contribution in [0.25, 0.3) is 0 Å². The third kappa shape index (κ3) is 4.68. The molecule has 0 aliphatic rings. The van der Waals surface area contributed by atoms with Crippen LogP contribution in [0.1, 0.15) is 12.8 Å². The Labute approximate surface area is 121 Å². The molecule has 1 aromatic rings. The molecule has 1 rings (SSSR count). The second kappa shape index (κ2) is 7.73. The highest BCUT2D eigenvalue weighted by Gasteiger charge is 2.31. The molecule has 0 aliphatic heterocycles. The van der Waals surface area contributed by atoms with Crippen molar-refractivity contribution in [3.8, 4) is 0 Å². The Morgan fingerprint density at radius 2 is 2.24 bits per heavy atom. The largest absolute Gasteiger partial charge is 0.480 e. The number of hydrogen-bond acceptors (Lipinski definition) is 4. The lowest BCUT2D eigenvalue weighted by molar-refractivity contribution is -0.140. The van der Waals surface area contributed by atoms with Crippen molar-refractivity contribution in [1.82, 2.24) is 0 Å². The SMILES string of the molecule is C=CC(=O)N(c1ccco1)[C@@H](CCCN=C(N)N)C(=O)O. The van der Waals surface area contributed by atoms with Crippen molar-refractivity contribution in [2.24, 2.45) is 16.5 Å². The molecule has 0 spiro atoms. The summed E-state index contributed by atoms with van der Waals surface area (Å²) in [5.74, 6) is -1.62. The number of carboxylic acids is 1. The minimum Gasteiger partial charge on any atom is -0.480 e. The van der Waals surface area contributed by atoms with Crippen LogP contribution in [0.5, 0.6) is 0 Å². The fourth-order valence-corrected chi connectivity index (χ4v) is 1.78. The number of nitrogens with two attached hydrogens (primary N) is 2. The maximum absolute atomic E-state index is 11.9. The fourth-order valence-electron chi connectivity index (χ4n) is 1.78. The summed E-state index contributed by atoms with van der Waals surface area (Å²) in [4.78, 5) is 28.2. The van der Waals surface area contributed by atoms with Crippen molar-refractivity contribution in [2.75, 3.05) is 11.4 Å². The van der Waals surface area contributed by atoms with Crippen LogP contribution in [0, 0.1) is 0 Å². The molecular weight excluding hydrogens is 276 g/mol. The van der Waals surface area contributed by atoms with Gasteiger partial charge in [0.25, 0.3) is 5.91 Å². The molecule has 0 saturated heterocycles. The Kier molecular flexibility index (Phi) is 5.99. The molecule has 8 nitrogen and oxygen atoms in total. The average molecular weight is 294 g/mol. The summed E-state index contributed by atoms with van der Waals surface area (Å²) in [6.07, 6.45) is 2.97. The molecule has 0 aromatic carbocycles. The zero-order chi connectivity index (χ0) is 15.8. The van der Waals surface area contributed by atoms with Gasteiger partial charge < -0.3 is 21.0 Å². The number of hydrogen-bond donors (Lipinski definition) is 3. The minimum atomic E-state index is -1.15. The number of anilines is 1. The van der Waals surface area contributed by atoms with Gasteiger partial charge in [0, 0.05) is 12.6 Å². The van der Waals surface area contributed by atoms with Gasteiger partial charge in [0.1, 0.15) is 6.04 Å². The molecule has 0 radical (unpaired) electrons. The van der Waals surface area contributed by atoms with Gasteiger partial charge in [-0.25, -0.2) is 4.79 Å².